The lowest BCUT2D eigenvalue weighted by Gasteiger charge is -2.08. The Morgan fingerprint density at radius 2 is 1.75 bits per heavy atom. The molecule has 0 atom stereocenters. The number of benzene rings is 2. The molecule has 0 aliphatic heterocycles. The fourth-order valence-corrected chi connectivity index (χ4v) is 2.39. The number of amides is 2. The fraction of sp³-hybridized carbons (Fsp3) is 0.167. The largest absolute Gasteiger partial charge is 0.337 e. The van der Waals surface area contributed by atoms with Gasteiger partial charge in [0.15, 0.2) is 5.78 Å². The van der Waals surface area contributed by atoms with Crippen LogP contribution in [0, 0.1) is 17.6 Å². The van der Waals surface area contributed by atoms with E-state index in [4.69, 9.17) is 5.26 Å². The first-order valence-corrected chi connectivity index (χ1v) is 8.21. The number of ketones is 1. The minimum absolute atomic E-state index is 0.00631. The molecule has 2 aromatic carbocycles. The Labute approximate surface area is 145 Å². The average molecular weight is 339 g/mol. The summed E-state index contributed by atoms with van der Waals surface area (Å²) < 4.78 is 0. The first-order chi connectivity index (χ1) is 11.6. The SMILES string of the molecule is Cc1ccc(C(=O)CCNC(=O)Nc2ccc(SC#N)cc2)cc1. The number of rotatable bonds is 6. The summed E-state index contributed by atoms with van der Waals surface area (Å²) in [6.07, 6.45) is 0.244. The van der Waals surface area contributed by atoms with E-state index in [1.54, 1.807) is 36.4 Å². The molecule has 0 saturated heterocycles. The van der Waals surface area contributed by atoms with E-state index in [0.29, 0.717) is 11.3 Å². The Morgan fingerprint density at radius 3 is 2.38 bits per heavy atom. The second-order valence-corrected chi connectivity index (χ2v) is 6.00. The predicted molar refractivity (Wildman–Crippen MR) is 95.1 cm³/mol. The van der Waals surface area contributed by atoms with Crippen molar-refractivity contribution in [3.8, 4) is 5.40 Å². The van der Waals surface area contributed by atoms with Gasteiger partial charge in [0, 0.05) is 29.1 Å². The summed E-state index contributed by atoms with van der Waals surface area (Å²) >= 11 is 1.06. The second-order valence-electron chi connectivity index (χ2n) is 5.14. The Balaban J connectivity index is 1.75. The van der Waals surface area contributed by atoms with Crippen molar-refractivity contribution < 1.29 is 9.59 Å². The maximum atomic E-state index is 12.0. The summed E-state index contributed by atoms with van der Waals surface area (Å²) in [5.41, 5.74) is 2.37. The molecule has 2 N–H and O–H groups in total. The lowest BCUT2D eigenvalue weighted by Crippen LogP contribution is -2.30. The monoisotopic (exact) mass is 339 g/mol. The van der Waals surface area contributed by atoms with Crippen LogP contribution in [0.5, 0.6) is 0 Å². The maximum absolute atomic E-state index is 12.0. The summed E-state index contributed by atoms with van der Waals surface area (Å²) in [4.78, 5) is 24.6. The van der Waals surface area contributed by atoms with Gasteiger partial charge in [-0.1, -0.05) is 29.8 Å². The van der Waals surface area contributed by atoms with Gasteiger partial charge in [-0.05, 0) is 43.0 Å². The topological polar surface area (TPSA) is 82.0 Å². The highest BCUT2D eigenvalue weighted by Gasteiger charge is 2.07. The molecule has 122 valence electrons. The molecule has 0 aliphatic rings. The van der Waals surface area contributed by atoms with Gasteiger partial charge >= 0.3 is 6.03 Å². The van der Waals surface area contributed by atoms with Gasteiger partial charge in [0.2, 0.25) is 0 Å². The standard InChI is InChI=1S/C18H17N3O2S/c1-13-2-4-14(5-3-13)17(22)10-11-20-18(23)21-15-6-8-16(9-7-15)24-12-19/h2-9H,10-11H2,1H3,(H2,20,21,23). The van der Waals surface area contributed by atoms with Crippen molar-refractivity contribution in [1.29, 1.82) is 5.26 Å². The Morgan fingerprint density at radius 1 is 1.08 bits per heavy atom. The molecule has 0 radical (unpaired) electrons. The molecule has 2 rings (SSSR count). The normalized spacial score (nSPS) is 9.83. The van der Waals surface area contributed by atoms with Gasteiger partial charge in [0.1, 0.15) is 5.40 Å². The smallest absolute Gasteiger partial charge is 0.319 e. The van der Waals surface area contributed by atoms with Crippen molar-refractivity contribution >= 4 is 29.3 Å². The van der Waals surface area contributed by atoms with Gasteiger partial charge in [-0.3, -0.25) is 4.79 Å². The van der Waals surface area contributed by atoms with Crippen molar-refractivity contribution in [3.05, 3.63) is 59.7 Å². The molecule has 0 unspecified atom stereocenters. The number of Topliss-reactive ketones (excluding diaryl/α,β-unsaturated/α-hetero) is 1. The van der Waals surface area contributed by atoms with Crippen molar-refractivity contribution in [2.75, 3.05) is 11.9 Å². The zero-order valence-electron chi connectivity index (χ0n) is 13.2. The molecule has 2 aromatic rings. The molecule has 0 heterocycles. The van der Waals surface area contributed by atoms with Crippen molar-refractivity contribution in [1.82, 2.24) is 5.32 Å². The van der Waals surface area contributed by atoms with Gasteiger partial charge in [-0.2, -0.15) is 5.26 Å². The van der Waals surface area contributed by atoms with E-state index in [-0.39, 0.29) is 24.8 Å². The maximum Gasteiger partial charge on any atom is 0.319 e. The second kappa shape index (κ2) is 8.75. The summed E-state index contributed by atoms with van der Waals surface area (Å²) in [6.45, 7) is 2.23. The summed E-state index contributed by atoms with van der Waals surface area (Å²) in [6, 6.07) is 13.9. The number of carbonyl (C=O) groups excluding carboxylic acids is 2. The van der Waals surface area contributed by atoms with E-state index < -0.39 is 0 Å². The molecule has 24 heavy (non-hydrogen) atoms. The first kappa shape index (κ1) is 17.6. The number of thioether (sulfide) groups is 1. The van der Waals surface area contributed by atoms with E-state index in [2.05, 4.69) is 10.6 Å². The third-order valence-corrected chi connectivity index (χ3v) is 3.89. The summed E-state index contributed by atoms with van der Waals surface area (Å²) in [5.74, 6) is -0.00631. The molecule has 0 fully saturated rings. The number of urea groups is 1. The molecule has 5 nitrogen and oxygen atoms in total. The van der Waals surface area contributed by atoms with Crippen molar-refractivity contribution in [2.24, 2.45) is 0 Å². The van der Waals surface area contributed by atoms with Gasteiger partial charge in [-0.25, -0.2) is 4.79 Å². The molecule has 2 amide bonds. The molecule has 0 aliphatic carbocycles. The number of anilines is 1. The van der Waals surface area contributed by atoms with Crippen LogP contribution in [0.1, 0.15) is 22.3 Å². The van der Waals surface area contributed by atoms with Gasteiger partial charge in [0.25, 0.3) is 0 Å². The Hall–Kier alpha value is -2.78. The zero-order valence-corrected chi connectivity index (χ0v) is 14.0. The highest BCUT2D eigenvalue weighted by Crippen LogP contribution is 2.18. The van der Waals surface area contributed by atoms with Crippen LogP contribution in [0.25, 0.3) is 0 Å². The molecule has 0 spiro atoms. The van der Waals surface area contributed by atoms with E-state index in [1.807, 2.05) is 24.5 Å². The number of nitrogens with one attached hydrogen (secondary N) is 2. The van der Waals surface area contributed by atoms with Crippen molar-refractivity contribution in [3.63, 3.8) is 0 Å². The van der Waals surface area contributed by atoms with Crippen LogP contribution in [-0.2, 0) is 0 Å². The number of thiocyanates is 1. The molecular weight excluding hydrogens is 322 g/mol. The van der Waals surface area contributed by atoms with Gasteiger partial charge < -0.3 is 10.6 Å². The van der Waals surface area contributed by atoms with Gasteiger partial charge in [0.05, 0.1) is 0 Å². The van der Waals surface area contributed by atoms with Crippen LogP contribution in [0.2, 0.25) is 0 Å². The lowest BCUT2D eigenvalue weighted by molar-refractivity contribution is 0.0984. The van der Waals surface area contributed by atoms with E-state index in [1.165, 1.54) is 0 Å². The fourth-order valence-electron chi connectivity index (χ4n) is 2.01. The summed E-state index contributed by atoms with van der Waals surface area (Å²) in [7, 11) is 0. The molecule has 0 saturated carbocycles. The third-order valence-electron chi connectivity index (χ3n) is 3.29. The number of aryl methyl sites for hydroxylation is 1. The molecule has 0 aromatic heterocycles. The lowest BCUT2D eigenvalue weighted by atomic mass is 10.1. The highest BCUT2D eigenvalue weighted by atomic mass is 32.2. The molecule has 6 heteroatoms. The van der Waals surface area contributed by atoms with E-state index >= 15 is 0 Å². The average Bonchev–Trinajstić information content (AvgIpc) is 2.57. The number of hydrogen-bond acceptors (Lipinski definition) is 4. The quantitative estimate of drug-likeness (QED) is 0.474. The van der Waals surface area contributed by atoms with Crippen LogP contribution >= 0.6 is 11.8 Å². The summed E-state index contributed by atoms with van der Waals surface area (Å²) in [5, 5.41) is 15.9. The Kier molecular flexibility index (Phi) is 6.41. The van der Waals surface area contributed by atoms with Crippen LogP contribution < -0.4 is 10.6 Å². The van der Waals surface area contributed by atoms with E-state index in [0.717, 1.165) is 22.2 Å². The van der Waals surface area contributed by atoms with Crippen LogP contribution in [0.3, 0.4) is 0 Å². The third kappa shape index (κ3) is 5.45. The van der Waals surface area contributed by atoms with Crippen LogP contribution in [0.15, 0.2) is 53.4 Å². The first-order valence-electron chi connectivity index (χ1n) is 7.39. The van der Waals surface area contributed by atoms with E-state index in [9.17, 15) is 9.59 Å². The molecule has 0 bridgehead atoms. The Bertz CT molecular complexity index is 749. The number of carbonyl (C=O) groups is 2. The minimum Gasteiger partial charge on any atom is -0.337 e. The molecular formula is C18H17N3O2S. The van der Waals surface area contributed by atoms with Crippen LogP contribution in [-0.4, -0.2) is 18.4 Å². The predicted octanol–water partition coefficient (Wildman–Crippen LogP) is 3.96. The highest BCUT2D eigenvalue weighted by molar-refractivity contribution is 8.03. The number of nitrogens with zero attached hydrogens (tertiary/aromatic N) is 1. The number of nitriles is 1. The minimum atomic E-state index is -0.368. The van der Waals surface area contributed by atoms with Crippen molar-refractivity contribution in [2.45, 2.75) is 18.2 Å². The van der Waals surface area contributed by atoms with Gasteiger partial charge in [-0.15, -0.1) is 0 Å². The van der Waals surface area contributed by atoms with Crippen LogP contribution in [0.4, 0.5) is 10.5 Å². The zero-order chi connectivity index (χ0) is 17.4. The number of hydrogen-bond donors (Lipinski definition) is 2.